The van der Waals surface area contributed by atoms with E-state index in [0.717, 1.165) is 38.5 Å². The quantitative estimate of drug-likeness (QED) is 0.0648. The van der Waals surface area contributed by atoms with Crippen LogP contribution in [0.5, 0.6) is 0 Å². The van der Waals surface area contributed by atoms with Crippen LogP contribution < -0.4 is 0 Å². The first kappa shape index (κ1) is 44.3. The molecule has 0 amide bonds. The predicted octanol–water partition coefficient (Wildman–Crippen LogP) is 13.9. The van der Waals surface area contributed by atoms with E-state index >= 15 is 0 Å². The van der Waals surface area contributed by atoms with Crippen LogP contribution in [0, 0.1) is 0 Å². The van der Waals surface area contributed by atoms with Gasteiger partial charge in [0.2, 0.25) is 0 Å². The maximum Gasteiger partial charge on any atom is 0.304 e. The first-order valence-electron chi connectivity index (χ1n) is 20.1. The SMILES string of the molecule is CCCCCCCCCCCCCCCCCC(CC(=O)O)SC(CCCCCCCCCCCCCCCCC)CC(=O)O. The number of carbonyl (C=O) groups is 2. The molecular formula is C40H78O4S. The molecule has 2 atom stereocenters. The Morgan fingerprint density at radius 3 is 0.778 bits per heavy atom. The highest BCUT2D eigenvalue weighted by Gasteiger charge is 2.21. The predicted molar refractivity (Wildman–Crippen MR) is 199 cm³/mol. The molecule has 0 aromatic carbocycles. The number of rotatable bonds is 38. The summed E-state index contributed by atoms with van der Waals surface area (Å²) in [5.41, 5.74) is 0. The Morgan fingerprint density at radius 2 is 0.578 bits per heavy atom. The third-order valence-corrected chi connectivity index (χ3v) is 11.0. The number of unbranched alkanes of at least 4 members (excludes halogenated alkanes) is 28. The smallest absolute Gasteiger partial charge is 0.304 e. The lowest BCUT2D eigenvalue weighted by atomic mass is 10.0. The van der Waals surface area contributed by atoms with E-state index in [9.17, 15) is 19.8 Å². The van der Waals surface area contributed by atoms with Gasteiger partial charge in [0, 0.05) is 10.5 Å². The highest BCUT2D eigenvalue weighted by molar-refractivity contribution is 8.00. The normalized spacial score (nSPS) is 12.8. The zero-order valence-corrected chi connectivity index (χ0v) is 31.1. The molecule has 0 saturated heterocycles. The summed E-state index contributed by atoms with van der Waals surface area (Å²) in [5, 5.41) is 19.0. The van der Waals surface area contributed by atoms with Crippen molar-refractivity contribution in [2.75, 3.05) is 0 Å². The zero-order valence-electron chi connectivity index (χ0n) is 30.3. The minimum Gasteiger partial charge on any atom is -0.481 e. The van der Waals surface area contributed by atoms with Crippen LogP contribution in [0.15, 0.2) is 0 Å². The van der Waals surface area contributed by atoms with Crippen molar-refractivity contribution in [1.29, 1.82) is 0 Å². The number of hydrogen-bond acceptors (Lipinski definition) is 3. The third-order valence-electron chi connectivity index (χ3n) is 9.45. The summed E-state index contributed by atoms with van der Waals surface area (Å²) < 4.78 is 0. The Balaban J connectivity index is 3.94. The lowest BCUT2D eigenvalue weighted by Gasteiger charge is -2.21. The van der Waals surface area contributed by atoms with Gasteiger partial charge in [0.25, 0.3) is 0 Å². The van der Waals surface area contributed by atoms with Crippen LogP contribution >= 0.6 is 11.8 Å². The Bertz CT molecular complexity index is 573. The average molecular weight is 655 g/mol. The van der Waals surface area contributed by atoms with Gasteiger partial charge in [0.05, 0.1) is 12.8 Å². The topological polar surface area (TPSA) is 74.6 Å². The molecule has 0 saturated carbocycles. The van der Waals surface area contributed by atoms with Crippen molar-refractivity contribution >= 4 is 23.7 Å². The molecule has 0 rings (SSSR count). The van der Waals surface area contributed by atoms with Gasteiger partial charge in [0.15, 0.2) is 0 Å². The van der Waals surface area contributed by atoms with Crippen molar-refractivity contribution in [3.63, 3.8) is 0 Å². The second-order valence-electron chi connectivity index (χ2n) is 14.1. The monoisotopic (exact) mass is 655 g/mol. The van der Waals surface area contributed by atoms with E-state index in [1.807, 2.05) is 0 Å². The largest absolute Gasteiger partial charge is 0.481 e. The molecule has 0 fully saturated rings. The van der Waals surface area contributed by atoms with Gasteiger partial charge in [-0.05, 0) is 12.8 Å². The molecule has 0 aromatic heterocycles. The first-order valence-corrected chi connectivity index (χ1v) is 21.0. The summed E-state index contributed by atoms with van der Waals surface area (Å²) >= 11 is 1.66. The summed E-state index contributed by atoms with van der Waals surface area (Å²) in [6, 6.07) is 0. The van der Waals surface area contributed by atoms with E-state index < -0.39 is 11.9 Å². The van der Waals surface area contributed by atoms with Crippen molar-refractivity contribution in [2.24, 2.45) is 0 Å². The highest BCUT2D eigenvalue weighted by Crippen LogP contribution is 2.31. The van der Waals surface area contributed by atoms with Crippen molar-refractivity contribution in [1.82, 2.24) is 0 Å². The number of carboxylic acids is 2. The minimum atomic E-state index is -0.755. The number of hydrogen-bond donors (Lipinski definition) is 2. The fourth-order valence-corrected chi connectivity index (χ4v) is 8.21. The minimum absolute atomic E-state index is 0.0326. The molecule has 0 radical (unpaired) electrons. The Labute approximate surface area is 285 Å². The van der Waals surface area contributed by atoms with Gasteiger partial charge < -0.3 is 10.2 Å². The summed E-state index contributed by atoms with van der Waals surface area (Å²) in [4.78, 5) is 23.1. The summed E-state index contributed by atoms with van der Waals surface area (Å²) in [6.45, 7) is 4.55. The second kappa shape index (κ2) is 36.1. The van der Waals surface area contributed by atoms with Crippen LogP contribution in [-0.2, 0) is 9.59 Å². The van der Waals surface area contributed by atoms with Gasteiger partial charge in [-0.25, -0.2) is 0 Å². The Morgan fingerprint density at radius 1 is 0.378 bits per heavy atom. The number of carboxylic acid groups (broad SMARTS) is 2. The molecule has 0 bridgehead atoms. The maximum absolute atomic E-state index is 11.6. The number of aliphatic carboxylic acids is 2. The lowest BCUT2D eigenvalue weighted by molar-refractivity contribution is -0.137. The van der Waals surface area contributed by atoms with Gasteiger partial charge in [0.1, 0.15) is 0 Å². The van der Waals surface area contributed by atoms with E-state index in [2.05, 4.69) is 13.8 Å². The summed E-state index contributed by atoms with van der Waals surface area (Å²) in [5.74, 6) is -1.51. The molecule has 4 nitrogen and oxygen atoms in total. The standard InChI is InChI=1S/C40H78O4S/c1-3-5-7-9-11-13-15-17-19-21-23-25-27-29-31-33-37(35-39(41)42)45-38(36-40(43)44)34-32-30-28-26-24-22-20-18-16-14-12-10-8-6-4-2/h37-38H,3-36H2,1-2H3,(H,41,42)(H,43,44). The summed E-state index contributed by atoms with van der Waals surface area (Å²) in [7, 11) is 0. The van der Waals surface area contributed by atoms with E-state index in [1.54, 1.807) is 11.8 Å². The van der Waals surface area contributed by atoms with Gasteiger partial charge in [-0.3, -0.25) is 9.59 Å². The molecule has 2 N–H and O–H groups in total. The van der Waals surface area contributed by atoms with Crippen LogP contribution in [0.1, 0.15) is 232 Å². The molecule has 45 heavy (non-hydrogen) atoms. The Kier molecular flexibility index (Phi) is 35.6. The average Bonchev–Trinajstić information content (AvgIpc) is 3.00. The zero-order chi connectivity index (χ0) is 33.1. The lowest BCUT2D eigenvalue weighted by Crippen LogP contribution is -2.18. The van der Waals surface area contributed by atoms with Crippen molar-refractivity contribution in [3.05, 3.63) is 0 Å². The van der Waals surface area contributed by atoms with Gasteiger partial charge >= 0.3 is 11.9 Å². The van der Waals surface area contributed by atoms with Crippen LogP contribution in [0.2, 0.25) is 0 Å². The maximum atomic E-state index is 11.6. The molecule has 0 aliphatic rings. The molecule has 0 aliphatic heterocycles. The van der Waals surface area contributed by atoms with Gasteiger partial charge in [-0.1, -0.05) is 206 Å². The van der Waals surface area contributed by atoms with E-state index in [-0.39, 0.29) is 23.3 Å². The van der Waals surface area contributed by atoms with E-state index in [0.29, 0.717) is 0 Å². The highest BCUT2D eigenvalue weighted by atomic mass is 32.2. The first-order chi connectivity index (χ1) is 22.0. The fourth-order valence-electron chi connectivity index (χ4n) is 6.58. The van der Waals surface area contributed by atoms with Gasteiger partial charge in [-0.15, -0.1) is 0 Å². The molecule has 2 unspecified atom stereocenters. The second-order valence-corrected chi connectivity index (χ2v) is 15.7. The van der Waals surface area contributed by atoms with E-state index in [1.165, 1.54) is 167 Å². The summed E-state index contributed by atoms with van der Waals surface area (Å²) in [6.07, 6.45) is 42.0. The Hall–Kier alpha value is -0.710. The molecule has 268 valence electrons. The van der Waals surface area contributed by atoms with Crippen molar-refractivity contribution in [3.8, 4) is 0 Å². The van der Waals surface area contributed by atoms with Gasteiger partial charge in [-0.2, -0.15) is 11.8 Å². The molecule has 0 aliphatic carbocycles. The van der Waals surface area contributed by atoms with Crippen molar-refractivity contribution in [2.45, 2.75) is 243 Å². The third kappa shape index (κ3) is 36.0. The molecular weight excluding hydrogens is 577 g/mol. The van der Waals surface area contributed by atoms with Crippen molar-refractivity contribution < 1.29 is 19.8 Å². The van der Waals surface area contributed by atoms with Crippen LogP contribution in [0.3, 0.4) is 0 Å². The van der Waals surface area contributed by atoms with Crippen LogP contribution in [0.25, 0.3) is 0 Å². The molecule has 0 heterocycles. The van der Waals surface area contributed by atoms with E-state index in [4.69, 9.17) is 0 Å². The molecule has 0 aromatic rings. The fraction of sp³-hybridized carbons (Fsp3) is 0.950. The molecule has 0 spiro atoms. The van der Waals surface area contributed by atoms with Crippen LogP contribution in [-0.4, -0.2) is 32.7 Å². The molecule has 5 heteroatoms. The van der Waals surface area contributed by atoms with Crippen LogP contribution in [0.4, 0.5) is 0 Å². The number of thioether (sulfide) groups is 1.